The van der Waals surface area contributed by atoms with E-state index in [1.165, 1.54) is 6.42 Å². The molecule has 1 saturated heterocycles. The van der Waals surface area contributed by atoms with Crippen LogP contribution in [0.1, 0.15) is 43.2 Å². The van der Waals surface area contributed by atoms with Crippen molar-refractivity contribution in [3.8, 4) is 0 Å². The number of benzene rings is 1. The second-order valence-corrected chi connectivity index (χ2v) is 7.74. The predicted molar refractivity (Wildman–Crippen MR) is 86.5 cm³/mol. The van der Waals surface area contributed by atoms with Crippen molar-refractivity contribution in [1.82, 2.24) is 9.62 Å². The molecule has 0 unspecified atom stereocenters. The third-order valence-corrected chi connectivity index (χ3v) is 5.78. The maximum atomic E-state index is 12.6. The summed E-state index contributed by atoms with van der Waals surface area (Å²) >= 11 is 0. The van der Waals surface area contributed by atoms with Gasteiger partial charge in [0.25, 0.3) is 0 Å². The lowest BCUT2D eigenvalue weighted by Gasteiger charge is -2.24. The van der Waals surface area contributed by atoms with E-state index in [0.29, 0.717) is 13.1 Å². The number of nitrogens with zero attached hydrogens (tertiary/aromatic N) is 1. The molecule has 0 saturated carbocycles. The fourth-order valence-electron chi connectivity index (χ4n) is 2.83. The predicted octanol–water partition coefficient (Wildman–Crippen LogP) is 2.50. The molecule has 0 amide bonds. The lowest BCUT2D eigenvalue weighted by molar-refractivity contribution is 0.364. The van der Waals surface area contributed by atoms with Gasteiger partial charge in [-0.2, -0.15) is 0 Å². The van der Waals surface area contributed by atoms with Gasteiger partial charge in [0.05, 0.1) is 5.75 Å². The Labute approximate surface area is 128 Å². The molecular weight excluding hydrogens is 284 g/mol. The van der Waals surface area contributed by atoms with Crippen LogP contribution in [0, 0.1) is 0 Å². The van der Waals surface area contributed by atoms with Crippen LogP contribution in [0.25, 0.3) is 0 Å². The molecule has 1 aromatic rings. The molecule has 21 heavy (non-hydrogen) atoms. The fourth-order valence-corrected chi connectivity index (χ4v) is 4.43. The first-order chi connectivity index (χ1) is 10.1. The first-order valence-electron chi connectivity index (χ1n) is 7.82. The Hall–Kier alpha value is -0.910. The van der Waals surface area contributed by atoms with E-state index >= 15 is 0 Å². The molecular formula is C16H26N2O2S. The van der Waals surface area contributed by atoms with Gasteiger partial charge < -0.3 is 5.32 Å². The molecule has 1 aliphatic heterocycles. The number of hydrogen-bond donors (Lipinski definition) is 1. The van der Waals surface area contributed by atoms with E-state index in [-0.39, 0.29) is 5.75 Å². The summed E-state index contributed by atoms with van der Waals surface area (Å²) in [6.45, 7) is 2.12. The Morgan fingerprint density at radius 1 is 1.05 bits per heavy atom. The highest BCUT2D eigenvalue weighted by molar-refractivity contribution is 7.88. The molecule has 4 nitrogen and oxygen atoms in total. The molecule has 1 N–H and O–H groups in total. The van der Waals surface area contributed by atoms with Crippen LogP contribution in [0.5, 0.6) is 0 Å². The van der Waals surface area contributed by atoms with Crippen LogP contribution in [-0.2, 0) is 22.3 Å². The summed E-state index contributed by atoms with van der Waals surface area (Å²) in [6, 6.07) is 7.84. The maximum Gasteiger partial charge on any atom is 0.218 e. The Bertz CT molecular complexity index is 535. The third kappa shape index (κ3) is 5.09. The highest BCUT2D eigenvalue weighted by atomic mass is 32.2. The molecule has 5 heteroatoms. The third-order valence-electron chi connectivity index (χ3n) is 3.93. The van der Waals surface area contributed by atoms with E-state index in [9.17, 15) is 8.42 Å². The average Bonchev–Trinajstić information content (AvgIpc) is 2.37. The Morgan fingerprint density at radius 3 is 2.33 bits per heavy atom. The normalized spacial score (nSPS) is 18.1. The van der Waals surface area contributed by atoms with Crippen LogP contribution in [0.3, 0.4) is 0 Å². The molecule has 118 valence electrons. The quantitative estimate of drug-likeness (QED) is 0.909. The Kier molecular flexibility index (Phi) is 6.21. The van der Waals surface area contributed by atoms with Crippen molar-refractivity contribution in [2.24, 2.45) is 0 Å². The summed E-state index contributed by atoms with van der Waals surface area (Å²) in [6.07, 6.45) is 5.49. The SMILES string of the molecule is CNCc1cccc(CS(=O)(=O)N2CCCCCCC2)c1. The lowest BCUT2D eigenvalue weighted by atomic mass is 10.1. The summed E-state index contributed by atoms with van der Waals surface area (Å²) in [5.41, 5.74) is 2.00. The molecule has 1 aliphatic rings. The number of sulfonamides is 1. The van der Waals surface area contributed by atoms with Gasteiger partial charge in [0, 0.05) is 19.6 Å². The molecule has 1 fully saturated rings. The zero-order chi connectivity index (χ0) is 15.1. The maximum absolute atomic E-state index is 12.6. The second kappa shape index (κ2) is 7.92. The van der Waals surface area contributed by atoms with Crippen LogP contribution in [-0.4, -0.2) is 32.9 Å². The molecule has 0 aromatic heterocycles. The van der Waals surface area contributed by atoms with Gasteiger partial charge in [-0.05, 0) is 31.0 Å². The summed E-state index contributed by atoms with van der Waals surface area (Å²) in [5, 5.41) is 3.09. The van der Waals surface area contributed by atoms with E-state index < -0.39 is 10.0 Å². The van der Waals surface area contributed by atoms with Gasteiger partial charge in [0.15, 0.2) is 0 Å². The minimum Gasteiger partial charge on any atom is -0.316 e. The van der Waals surface area contributed by atoms with Crippen LogP contribution in [0.15, 0.2) is 24.3 Å². The van der Waals surface area contributed by atoms with Crippen molar-refractivity contribution in [3.05, 3.63) is 35.4 Å². The van der Waals surface area contributed by atoms with Crippen molar-refractivity contribution in [2.75, 3.05) is 20.1 Å². The lowest BCUT2D eigenvalue weighted by Crippen LogP contribution is -2.34. The summed E-state index contributed by atoms with van der Waals surface area (Å²) in [4.78, 5) is 0. The summed E-state index contributed by atoms with van der Waals surface area (Å²) < 4.78 is 26.9. The first-order valence-corrected chi connectivity index (χ1v) is 9.43. The van der Waals surface area contributed by atoms with Gasteiger partial charge in [0.1, 0.15) is 0 Å². The molecule has 1 heterocycles. The number of hydrogen-bond acceptors (Lipinski definition) is 3. The van der Waals surface area contributed by atoms with Crippen LogP contribution < -0.4 is 5.32 Å². The molecule has 1 aromatic carbocycles. The van der Waals surface area contributed by atoms with E-state index in [1.807, 2.05) is 31.3 Å². The molecule has 0 spiro atoms. The second-order valence-electron chi connectivity index (χ2n) is 5.77. The van der Waals surface area contributed by atoms with Crippen molar-refractivity contribution in [2.45, 2.75) is 44.4 Å². The van der Waals surface area contributed by atoms with Gasteiger partial charge in [-0.25, -0.2) is 12.7 Å². The largest absolute Gasteiger partial charge is 0.316 e. The average molecular weight is 310 g/mol. The standard InChI is InChI=1S/C16H26N2O2S/c1-17-13-15-8-7-9-16(12-15)14-21(19,20)18-10-5-3-2-4-6-11-18/h7-9,12,17H,2-6,10-11,13-14H2,1H3. The van der Waals surface area contributed by atoms with Crippen molar-refractivity contribution >= 4 is 10.0 Å². The van der Waals surface area contributed by atoms with E-state index in [2.05, 4.69) is 5.32 Å². The summed E-state index contributed by atoms with van der Waals surface area (Å²) in [5.74, 6) is 0.116. The number of rotatable bonds is 5. The van der Waals surface area contributed by atoms with E-state index in [1.54, 1.807) is 4.31 Å². The highest BCUT2D eigenvalue weighted by Crippen LogP contribution is 2.17. The topological polar surface area (TPSA) is 49.4 Å². The highest BCUT2D eigenvalue weighted by Gasteiger charge is 2.22. The first kappa shape index (κ1) is 16.5. The van der Waals surface area contributed by atoms with Crippen LogP contribution in [0.4, 0.5) is 0 Å². The smallest absolute Gasteiger partial charge is 0.218 e. The van der Waals surface area contributed by atoms with Crippen molar-refractivity contribution in [3.63, 3.8) is 0 Å². The van der Waals surface area contributed by atoms with Crippen molar-refractivity contribution < 1.29 is 8.42 Å². The Balaban J connectivity index is 2.06. The van der Waals surface area contributed by atoms with Crippen LogP contribution in [0.2, 0.25) is 0 Å². The molecule has 0 aliphatic carbocycles. The van der Waals surface area contributed by atoms with Crippen LogP contribution >= 0.6 is 0 Å². The van der Waals surface area contributed by atoms with E-state index in [0.717, 1.165) is 43.4 Å². The van der Waals surface area contributed by atoms with E-state index in [4.69, 9.17) is 0 Å². The molecule has 0 radical (unpaired) electrons. The molecule has 0 bridgehead atoms. The van der Waals surface area contributed by atoms with Gasteiger partial charge in [0.2, 0.25) is 10.0 Å². The fraction of sp³-hybridized carbons (Fsp3) is 0.625. The minimum absolute atomic E-state index is 0.116. The zero-order valence-corrected chi connectivity index (χ0v) is 13.7. The monoisotopic (exact) mass is 310 g/mol. The van der Waals surface area contributed by atoms with Crippen molar-refractivity contribution in [1.29, 1.82) is 0 Å². The van der Waals surface area contributed by atoms with Gasteiger partial charge in [-0.15, -0.1) is 0 Å². The summed E-state index contributed by atoms with van der Waals surface area (Å²) in [7, 11) is -1.30. The van der Waals surface area contributed by atoms with Gasteiger partial charge in [-0.1, -0.05) is 43.5 Å². The Morgan fingerprint density at radius 2 is 1.67 bits per heavy atom. The number of nitrogens with one attached hydrogen (secondary N) is 1. The molecule has 2 rings (SSSR count). The minimum atomic E-state index is -3.19. The zero-order valence-electron chi connectivity index (χ0n) is 12.8. The molecule has 0 atom stereocenters. The van der Waals surface area contributed by atoms with Gasteiger partial charge >= 0.3 is 0 Å². The van der Waals surface area contributed by atoms with Gasteiger partial charge in [-0.3, -0.25) is 0 Å².